The highest BCUT2D eigenvalue weighted by Gasteiger charge is 2.18. The highest BCUT2D eigenvalue weighted by atomic mass is 16.2. The summed E-state index contributed by atoms with van der Waals surface area (Å²) in [7, 11) is 3.65. The predicted octanol–water partition coefficient (Wildman–Crippen LogP) is 2.03. The summed E-state index contributed by atoms with van der Waals surface area (Å²) in [5, 5.41) is 7.07. The lowest BCUT2D eigenvalue weighted by Crippen LogP contribution is -2.38. The fraction of sp³-hybridized carbons (Fsp3) is 0.400. The van der Waals surface area contributed by atoms with Gasteiger partial charge in [0.15, 0.2) is 0 Å². The Labute approximate surface area is 124 Å². The van der Waals surface area contributed by atoms with E-state index in [4.69, 9.17) is 0 Å². The minimum atomic E-state index is -0.128. The summed E-state index contributed by atoms with van der Waals surface area (Å²) < 4.78 is 1.79. The molecule has 2 aromatic rings. The molecule has 0 saturated heterocycles. The number of rotatable bonds is 4. The van der Waals surface area contributed by atoms with Crippen LogP contribution in [0.4, 0.5) is 4.79 Å². The first-order valence-corrected chi connectivity index (χ1v) is 6.89. The van der Waals surface area contributed by atoms with Crippen LogP contribution in [0.1, 0.15) is 29.9 Å². The largest absolute Gasteiger partial charge is 0.334 e. The number of hydrogen-bond donors (Lipinski definition) is 1. The van der Waals surface area contributed by atoms with Crippen molar-refractivity contribution in [3.05, 3.63) is 47.5 Å². The minimum Gasteiger partial charge on any atom is -0.334 e. The van der Waals surface area contributed by atoms with Gasteiger partial charge in [-0.15, -0.1) is 0 Å². The number of nitrogens with one attached hydrogen (secondary N) is 1. The zero-order valence-corrected chi connectivity index (χ0v) is 12.9. The van der Waals surface area contributed by atoms with E-state index in [0.29, 0.717) is 6.54 Å². The van der Waals surface area contributed by atoms with Crippen molar-refractivity contribution in [3.8, 4) is 0 Å². The summed E-state index contributed by atoms with van der Waals surface area (Å²) in [6, 6.07) is 5.49. The molecular weight excluding hydrogens is 266 g/mol. The summed E-state index contributed by atoms with van der Waals surface area (Å²) in [5.41, 5.74) is 2.94. The van der Waals surface area contributed by atoms with E-state index in [0.717, 1.165) is 17.0 Å². The molecule has 21 heavy (non-hydrogen) atoms. The third-order valence-corrected chi connectivity index (χ3v) is 3.78. The number of nitrogens with zero attached hydrogens (tertiary/aromatic N) is 4. The lowest BCUT2D eigenvalue weighted by atomic mass is 10.2. The van der Waals surface area contributed by atoms with Gasteiger partial charge in [-0.05, 0) is 26.0 Å². The van der Waals surface area contributed by atoms with E-state index in [2.05, 4.69) is 15.4 Å². The third-order valence-electron chi connectivity index (χ3n) is 3.78. The van der Waals surface area contributed by atoms with Gasteiger partial charge in [0.2, 0.25) is 0 Å². The molecular formula is C15H21N5O. The summed E-state index contributed by atoms with van der Waals surface area (Å²) in [6.07, 6.45) is 3.51. The predicted molar refractivity (Wildman–Crippen MR) is 80.6 cm³/mol. The molecule has 0 aromatic carbocycles. The van der Waals surface area contributed by atoms with Gasteiger partial charge >= 0.3 is 6.03 Å². The monoisotopic (exact) mass is 287 g/mol. The van der Waals surface area contributed by atoms with Gasteiger partial charge in [0.05, 0.1) is 17.9 Å². The van der Waals surface area contributed by atoms with Gasteiger partial charge in [0.1, 0.15) is 0 Å². The molecule has 0 spiro atoms. The Morgan fingerprint density at radius 2 is 2.24 bits per heavy atom. The fourth-order valence-corrected chi connectivity index (χ4v) is 2.01. The third kappa shape index (κ3) is 3.39. The van der Waals surface area contributed by atoms with Gasteiger partial charge in [-0.1, -0.05) is 6.07 Å². The SMILES string of the molecule is Cc1c(CNC(=O)N(C)C(C)c2ccccn2)cnn1C. The maximum absolute atomic E-state index is 12.2. The highest BCUT2D eigenvalue weighted by Crippen LogP contribution is 2.15. The second-order valence-electron chi connectivity index (χ2n) is 5.08. The zero-order chi connectivity index (χ0) is 15.4. The first-order valence-electron chi connectivity index (χ1n) is 6.89. The average molecular weight is 287 g/mol. The van der Waals surface area contributed by atoms with Gasteiger partial charge in [0, 0.05) is 38.1 Å². The van der Waals surface area contributed by atoms with Crippen LogP contribution in [-0.4, -0.2) is 32.7 Å². The quantitative estimate of drug-likeness (QED) is 0.936. The van der Waals surface area contributed by atoms with Gasteiger partial charge < -0.3 is 10.2 Å². The number of aryl methyl sites for hydroxylation is 1. The zero-order valence-electron chi connectivity index (χ0n) is 12.9. The molecule has 0 fully saturated rings. The van der Waals surface area contributed by atoms with E-state index in [1.807, 2.05) is 39.1 Å². The molecule has 2 amide bonds. The van der Waals surface area contributed by atoms with Crippen molar-refractivity contribution in [1.29, 1.82) is 0 Å². The summed E-state index contributed by atoms with van der Waals surface area (Å²) in [4.78, 5) is 18.1. The molecule has 2 aromatic heterocycles. The Balaban J connectivity index is 1.95. The Morgan fingerprint density at radius 1 is 1.48 bits per heavy atom. The van der Waals surface area contributed by atoms with Crippen LogP contribution in [-0.2, 0) is 13.6 Å². The molecule has 6 heteroatoms. The van der Waals surface area contributed by atoms with Crippen LogP contribution in [0, 0.1) is 6.92 Å². The molecule has 0 aliphatic heterocycles. The molecule has 0 aliphatic rings. The Morgan fingerprint density at radius 3 is 2.81 bits per heavy atom. The Bertz CT molecular complexity index is 608. The number of urea groups is 1. The Kier molecular flexibility index (Phi) is 4.57. The van der Waals surface area contributed by atoms with Gasteiger partial charge in [-0.2, -0.15) is 5.10 Å². The second kappa shape index (κ2) is 6.39. The number of aromatic nitrogens is 3. The van der Waals surface area contributed by atoms with Crippen LogP contribution in [0.15, 0.2) is 30.6 Å². The van der Waals surface area contributed by atoms with E-state index in [1.165, 1.54) is 0 Å². The molecule has 2 heterocycles. The molecule has 0 saturated carbocycles. The molecule has 0 aliphatic carbocycles. The molecule has 6 nitrogen and oxygen atoms in total. The molecule has 2 rings (SSSR count). The highest BCUT2D eigenvalue weighted by molar-refractivity contribution is 5.74. The van der Waals surface area contributed by atoms with Gasteiger partial charge in [-0.3, -0.25) is 9.67 Å². The lowest BCUT2D eigenvalue weighted by Gasteiger charge is -2.24. The van der Waals surface area contributed by atoms with E-state index in [1.54, 1.807) is 29.0 Å². The summed E-state index contributed by atoms with van der Waals surface area (Å²) in [5.74, 6) is 0. The van der Waals surface area contributed by atoms with Crippen LogP contribution < -0.4 is 5.32 Å². The molecule has 0 bridgehead atoms. The van der Waals surface area contributed by atoms with Crippen molar-refractivity contribution < 1.29 is 4.79 Å². The van der Waals surface area contributed by atoms with Crippen LogP contribution in [0.5, 0.6) is 0 Å². The van der Waals surface area contributed by atoms with Crippen molar-refractivity contribution in [2.24, 2.45) is 7.05 Å². The van der Waals surface area contributed by atoms with E-state index in [9.17, 15) is 4.79 Å². The van der Waals surface area contributed by atoms with Crippen LogP contribution in [0.25, 0.3) is 0 Å². The molecule has 1 atom stereocenters. The van der Waals surface area contributed by atoms with Crippen LogP contribution in [0.2, 0.25) is 0 Å². The van der Waals surface area contributed by atoms with Gasteiger partial charge in [0.25, 0.3) is 0 Å². The van der Waals surface area contributed by atoms with Crippen molar-refractivity contribution in [3.63, 3.8) is 0 Å². The Hall–Kier alpha value is -2.37. The van der Waals surface area contributed by atoms with Crippen molar-refractivity contribution in [2.75, 3.05) is 7.05 Å². The molecule has 0 radical (unpaired) electrons. The van der Waals surface area contributed by atoms with Crippen molar-refractivity contribution >= 4 is 6.03 Å². The van der Waals surface area contributed by atoms with Crippen LogP contribution in [0.3, 0.4) is 0 Å². The summed E-state index contributed by atoms with van der Waals surface area (Å²) in [6.45, 7) is 4.41. The second-order valence-corrected chi connectivity index (χ2v) is 5.08. The molecule has 1 unspecified atom stereocenters. The maximum Gasteiger partial charge on any atom is 0.317 e. The fourth-order valence-electron chi connectivity index (χ4n) is 2.01. The first kappa shape index (κ1) is 15.0. The standard InChI is InChI=1S/C15H21N5O/c1-11-13(10-18-20(11)4)9-17-15(21)19(3)12(2)14-7-5-6-8-16-14/h5-8,10,12H,9H2,1-4H3,(H,17,21). The topological polar surface area (TPSA) is 63.1 Å². The van der Waals surface area contributed by atoms with E-state index >= 15 is 0 Å². The molecule has 1 N–H and O–H groups in total. The normalized spacial score (nSPS) is 12.0. The van der Waals surface area contributed by atoms with Crippen molar-refractivity contribution in [1.82, 2.24) is 25.0 Å². The van der Waals surface area contributed by atoms with Gasteiger partial charge in [-0.25, -0.2) is 4.79 Å². The average Bonchev–Trinajstić information content (AvgIpc) is 2.83. The van der Waals surface area contributed by atoms with E-state index < -0.39 is 0 Å². The number of amides is 2. The maximum atomic E-state index is 12.2. The smallest absolute Gasteiger partial charge is 0.317 e. The minimum absolute atomic E-state index is 0.0822. The van der Waals surface area contributed by atoms with Crippen molar-refractivity contribution in [2.45, 2.75) is 26.4 Å². The van der Waals surface area contributed by atoms with Crippen LogP contribution >= 0.6 is 0 Å². The molecule has 112 valence electrons. The number of hydrogen-bond acceptors (Lipinski definition) is 3. The number of carbonyl (C=O) groups excluding carboxylic acids is 1. The lowest BCUT2D eigenvalue weighted by molar-refractivity contribution is 0.193. The first-order chi connectivity index (χ1) is 10.0. The number of pyridine rings is 1. The number of carbonyl (C=O) groups is 1. The summed E-state index contributed by atoms with van der Waals surface area (Å²) >= 11 is 0. The van der Waals surface area contributed by atoms with E-state index in [-0.39, 0.29) is 12.1 Å².